The van der Waals surface area contributed by atoms with Crippen molar-refractivity contribution in [3.63, 3.8) is 0 Å². The molecular weight excluding hydrogens is 412 g/mol. The lowest BCUT2D eigenvalue weighted by molar-refractivity contribution is -0.113. The Morgan fingerprint density at radius 2 is 1.76 bits per heavy atom. The van der Waals surface area contributed by atoms with Gasteiger partial charge in [0.2, 0.25) is 5.91 Å². The Balaban J connectivity index is 1.57. The lowest BCUT2D eigenvalue weighted by atomic mass is 10.2. The first-order chi connectivity index (χ1) is 13.9. The third kappa shape index (κ3) is 5.59. The highest BCUT2D eigenvalue weighted by Gasteiger charge is 2.12. The normalized spacial score (nSPS) is 10.3. The van der Waals surface area contributed by atoms with Crippen molar-refractivity contribution in [2.45, 2.75) is 4.90 Å². The van der Waals surface area contributed by atoms with Crippen LogP contribution in [0.1, 0.15) is 20.0 Å². The molecule has 0 aliphatic carbocycles. The van der Waals surface area contributed by atoms with Gasteiger partial charge in [0, 0.05) is 16.3 Å². The molecule has 3 aromatic rings. The average molecular weight is 428 g/mol. The maximum absolute atomic E-state index is 12.2. The fraction of sp³-hybridized carbons (Fsp3) is 0.0500. The molecule has 4 N–H and O–H groups in total. The minimum absolute atomic E-state index is 0.0889. The SMILES string of the molecule is O=C(CSc1cccc(NC(=O)c2cccs2)c1)Nc1ccc(O)c(C(=O)O)c1. The first kappa shape index (κ1) is 20.4. The molecule has 7 nitrogen and oxygen atoms in total. The zero-order valence-electron chi connectivity index (χ0n) is 14.9. The van der Waals surface area contributed by atoms with Gasteiger partial charge in [0.05, 0.1) is 10.6 Å². The number of carbonyl (C=O) groups is 3. The van der Waals surface area contributed by atoms with Crippen molar-refractivity contribution >= 4 is 52.3 Å². The zero-order valence-corrected chi connectivity index (χ0v) is 16.5. The summed E-state index contributed by atoms with van der Waals surface area (Å²) in [5.74, 6) is -2.09. The summed E-state index contributed by atoms with van der Waals surface area (Å²) in [5, 5.41) is 25.8. The number of carboxylic acids is 1. The van der Waals surface area contributed by atoms with Gasteiger partial charge in [-0.1, -0.05) is 12.1 Å². The van der Waals surface area contributed by atoms with Crippen molar-refractivity contribution in [1.29, 1.82) is 0 Å². The number of aromatic hydroxyl groups is 1. The first-order valence-electron chi connectivity index (χ1n) is 8.36. The zero-order chi connectivity index (χ0) is 20.8. The molecule has 2 amide bonds. The molecule has 0 aliphatic heterocycles. The molecular formula is C20H16N2O5S2. The van der Waals surface area contributed by atoms with Crippen LogP contribution in [0.25, 0.3) is 0 Å². The van der Waals surface area contributed by atoms with Gasteiger partial charge in [-0.3, -0.25) is 9.59 Å². The van der Waals surface area contributed by atoms with E-state index >= 15 is 0 Å². The number of amides is 2. The highest BCUT2D eigenvalue weighted by atomic mass is 32.2. The molecule has 0 saturated carbocycles. The van der Waals surface area contributed by atoms with E-state index in [4.69, 9.17) is 5.11 Å². The molecule has 1 aromatic heterocycles. The average Bonchev–Trinajstić information content (AvgIpc) is 3.23. The standard InChI is InChI=1S/C20H16N2O5S2/c23-16-7-6-13(10-15(16)20(26)27)21-18(24)11-29-14-4-1-3-12(9-14)22-19(25)17-5-2-8-28-17/h1-10,23H,11H2,(H,21,24)(H,22,25)(H,26,27). The van der Waals surface area contributed by atoms with Crippen LogP contribution in [-0.4, -0.2) is 33.7 Å². The maximum Gasteiger partial charge on any atom is 0.339 e. The third-order valence-corrected chi connectivity index (χ3v) is 5.58. The molecule has 9 heteroatoms. The number of thioether (sulfide) groups is 1. The Morgan fingerprint density at radius 1 is 0.966 bits per heavy atom. The predicted molar refractivity (Wildman–Crippen MR) is 113 cm³/mol. The van der Waals surface area contributed by atoms with Gasteiger partial charge in [0.1, 0.15) is 11.3 Å². The Labute approximate surface area is 174 Å². The summed E-state index contributed by atoms with van der Waals surface area (Å²) in [6.07, 6.45) is 0. The predicted octanol–water partition coefficient (Wildman–Crippen LogP) is 4.14. The van der Waals surface area contributed by atoms with Crippen LogP contribution in [0.3, 0.4) is 0 Å². The van der Waals surface area contributed by atoms with Gasteiger partial charge in [-0.05, 0) is 47.8 Å². The lowest BCUT2D eigenvalue weighted by Gasteiger charge is -2.08. The fourth-order valence-electron chi connectivity index (χ4n) is 2.40. The molecule has 0 aliphatic rings. The van der Waals surface area contributed by atoms with Crippen LogP contribution in [0.4, 0.5) is 11.4 Å². The van der Waals surface area contributed by atoms with E-state index in [2.05, 4.69) is 10.6 Å². The second-order valence-corrected chi connectivity index (χ2v) is 7.83. The van der Waals surface area contributed by atoms with Gasteiger partial charge in [0.25, 0.3) is 5.91 Å². The van der Waals surface area contributed by atoms with Crippen molar-refractivity contribution in [3.05, 3.63) is 70.4 Å². The van der Waals surface area contributed by atoms with Crippen molar-refractivity contribution < 1.29 is 24.6 Å². The largest absolute Gasteiger partial charge is 0.507 e. The van der Waals surface area contributed by atoms with Crippen molar-refractivity contribution in [2.75, 3.05) is 16.4 Å². The maximum atomic E-state index is 12.2. The number of anilines is 2. The van der Waals surface area contributed by atoms with Gasteiger partial charge >= 0.3 is 5.97 Å². The second kappa shape index (κ2) is 9.26. The molecule has 0 bridgehead atoms. The molecule has 0 atom stereocenters. The van der Waals surface area contributed by atoms with Gasteiger partial charge < -0.3 is 20.8 Å². The summed E-state index contributed by atoms with van der Waals surface area (Å²) in [4.78, 5) is 36.7. The van der Waals surface area contributed by atoms with Crippen LogP contribution in [-0.2, 0) is 4.79 Å². The summed E-state index contributed by atoms with van der Waals surface area (Å²) in [6.45, 7) is 0. The molecule has 0 spiro atoms. The third-order valence-electron chi connectivity index (χ3n) is 3.72. The van der Waals surface area contributed by atoms with Crippen molar-refractivity contribution in [3.8, 4) is 5.75 Å². The topological polar surface area (TPSA) is 116 Å². The number of phenols is 1. The Hall–Kier alpha value is -3.30. The Bertz CT molecular complexity index is 1050. The van der Waals surface area contributed by atoms with Crippen molar-refractivity contribution in [1.82, 2.24) is 0 Å². The van der Waals surface area contributed by atoms with Crippen molar-refractivity contribution in [2.24, 2.45) is 0 Å². The summed E-state index contributed by atoms with van der Waals surface area (Å²) in [5.41, 5.74) is 0.617. The van der Waals surface area contributed by atoms with E-state index in [9.17, 15) is 19.5 Å². The Morgan fingerprint density at radius 3 is 2.48 bits per heavy atom. The van der Waals surface area contributed by atoms with Crippen LogP contribution >= 0.6 is 23.1 Å². The summed E-state index contributed by atoms with van der Waals surface area (Å²) >= 11 is 2.62. The van der Waals surface area contributed by atoms with Crippen LogP contribution in [0.5, 0.6) is 5.75 Å². The minimum Gasteiger partial charge on any atom is -0.507 e. The number of benzene rings is 2. The van der Waals surface area contributed by atoms with Crippen LogP contribution < -0.4 is 10.6 Å². The highest BCUT2D eigenvalue weighted by molar-refractivity contribution is 8.00. The van der Waals surface area contributed by atoms with E-state index in [1.807, 2.05) is 11.4 Å². The smallest absolute Gasteiger partial charge is 0.339 e. The van der Waals surface area contributed by atoms with Gasteiger partial charge in [-0.25, -0.2) is 4.79 Å². The summed E-state index contributed by atoms with van der Waals surface area (Å²) in [6, 6.07) is 14.5. The number of rotatable bonds is 7. The van der Waals surface area contributed by atoms with E-state index in [-0.39, 0.29) is 34.6 Å². The van der Waals surface area contributed by atoms with E-state index < -0.39 is 5.97 Å². The first-order valence-corrected chi connectivity index (χ1v) is 10.2. The number of hydrogen-bond acceptors (Lipinski definition) is 6. The fourth-order valence-corrected chi connectivity index (χ4v) is 3.77. The number of carboxylic acid groups (broad SMARTS) is 1. The van der Waals surface area contributed by atoms with E-state index in [0.717, 1.165) is 4.90 Å². The quantitative estimate of drug-likeness (QED) is 0.332. The second-order valence-electron chi connectivity index (χ2n) is 5.83. The monoisotopic (exact) mass is 428 g/mol. The molecule has 0 radical (unpaired) electrons. The molecule has 148 valence electrons. The lowest BCUT2D eigenvalue weighted by Crippen LogP contribution is -2.14. The number of aromatic carboxylic acids is 1. The highest BCUT2D eigenvalue weighted by Crippen LogP contribution is 2.24. The van der Waals surface area contributed by atoms with Gasteiger partial charge in [-0.2, -0.15) is 0 Å². The number of hydrogen-bond donors (Lipinski definition) is 4. The van der Waals surface area contributed by atoms with Gasteiger partial charge in [-0.15, -0.1) is 23.1 Å². The van der Waals surface area contributed by atoms with Crippen LogP contribution in [0.15, 0.2) is 64.9 Å². The number of thiophene rings is 1. The molecule has 3 rings (SSSR count). The van der Waals surface area contributed by atoms with E-state index in [0.29, 0.717) is 10.6 Å². The number of carbonyl (C=O) groups excluding carboxylic acids is 2. The molecule has 29 heavy (non-hydrogen) atoms. The van der Waals surface area contributed by atoms with Crippen LogP contribution in [0.2, 0.25) is 0 Å². The minimum atomic E-state index is -1.28. The Kier molecular flexibility index (Phi) is 6.53. The molecule has 2 aromatic carbocycles. The molecule has 0 unspecified atom stereocenters. The molecule has 1 heterocycles. The molecule has 0 fully saturated rings. The summed E-state index contributed by atoms with van der Waals surface area (Å²) < 4.78 is 0. The molecule has 0 saturated heterocycles. The van der Waals surface area contributed by atoms with Gasteiger partial charge in [0.15, 0.2) is 0 Å². The van der Waals surface area contributed by atoms with Crippen LogP contribution in [0, 0.1) is 0 Å². The number of nitrogens with one attached hydrogen (secondary N) is 2. The van der Waals surface area contributed by atoms with E-state index in [1.54, 1.807) is 30.3 Å². The summed E-state index contributed by atoms with van der Waals surface area (Å²) in [7, 11) is 0. The van der Waals surface area contributed by atoms with E-state index in [1.165, 1.54) is 41.3 Å².